The van der Waals surface area contributed by atoms with E-state index in [-0.39, 0.29) is 11.6 Å². The second kappa shape index (κ2) is 5.83. The average molecular weight is 280 g/mol. The number of rotatable bonds is 4. The summed E-state index contributed by atoms with van der Waals surface area (Å²) in [7, 11) is 1.80. The van der Waals surface area contributed by atoms with Crippen molar-refractivity contribution in [3.63, 3.8) is 0 Å². The van der Waals surface area contributed by atoms with Gasteiger partial charge in [-0.1, -0.05) is 23.9 Å². The van der Waals surface area contributed by atoms with Gasteiger partial charge in [0.1, 0.15) is 12.1 Å². The Morgan fingerprint density at radius 2 is 2.21 bits per heavy atom. The molecule has 0 radical (unpaired) electrons. The highest BCUT2D eigenvalue weighted by molar-refractivity contribution is 8.00. The number of carbonyl (C=O) groups excluding carboxylic acids is 1. The van der Waals surface area contributed by atoms with Gasteiger partial charge in [-0.05, 0) is 19.1 Å². The largest absolute Gasteiger partial charge is 0.323 e. The van der Waals surface area contributed by atoms with Gasteiger partial charge in [-0.2, -0.15) is 0 Å². The fourth-order valence-electron chi connectivity index (χ4n) is 1.39. The van der Waals surface area contributed by atoms with E-state index >= 15 is 0 Å². The van der Waals surface area contributed by atoms with Gasteiger partial charge in [0, 0.05) is 7.05 Å². The van der Waals surface area contributed by atoms with Gasteiger partial charge in [-0.3, -0.25) is 4.79 Å². The number of hydrogen-bond acceptors (Lipinski definition) is 4. The molecule has 100 valence electrons. The summed E-state index contributed by atoms with van der Waals surface area (Å²) in [5.74, 6) is -0.732. The van der Waals surface area contributed by atoms with Crippen molar-refractivity contribution >= 4 is 23.4 Å². The number of amides is 1. The maximum atomic E-state index is 13.4. The highest BCUT2D eigenvalue weighted by atomic mass is 32.2. The number of aryl methyl sites for hydroxylation is 1. The minimum atomic E-state index is -0.452. The second-order valence-electron chi connectivity index (χ2n) is 3.95. The molecule has 0 unspecified atom stereocenters. The zero-order valence-corrected chi connectivity index (χ0v) is 11.3. The number of anilines is 1. The Morgan fingerprint density at radius 3 is 2.84 bits per heavy atom. The van der Waals surface area contributed by atoms with Gasteiger partial charge in [0.2, 0.25) is 5.91 Å². The quantitative estimate of drug-likeness (QED) is 0.871. The molecule has 0 aliphatic carbocycles. The number of para-hydroxylation sites is 1. The van der Waals surface area contributed by atoms with E-state index in [1.165, 1.54) is 23.9 Å². The number of halogens is 1. The Balaban J connectivity index is 2.00. The van der Waals surface area contributed by atoms with Crippen LogP contribution in [0.25, 0.3) is 0 Å². The van der Waals surface area contributed by atoms with E-state index in [1.54, 1.807) is 37.0 Å². The van der Waals surface area contributed by atoms with E-state index in [4.69, 9.17) is 0 Å². The van der Waals surface area contributed by atoms with Gasteiger partial charge < -0.3 is 9.88 Å². The van der Waals surface area contributed by atoms with Crippen LogP contribution >= 0.6 is 11.8 Å². The Labute approximate surface area is 114 Å². The standard InChI is InChI=1S/C12H13FN4OS/c1-8(19-12-16-14-7-17(12)2)11(18)15-10-6-4-3-5-9(10)13/h3-8H,1-2H3,(H,15,18)/t8-/m0/s1. The van der Waals surface area contributed by atoms with Crippen LogP contribution in [0.5, 0.6) is 0 Å². The Kier molecular flexibility index (Phi) is 4.16. The molecule has 1 aromatic carbocycles. The van der Waals surface area contributed by atoms with Crippen molar-refractivity contribution in [3.05, 3.63) is 36.4 Å². The maximum absolute atomic E-state index is 13.4. The molecule has 0 saturated carbocycles. The van der Waals surface area contributed by atoms with E-state index < -0.39 is 11.1 Å². The van der Waals surface area contributed by atoms with E-state index in [1.807, 2.05) is 0 Å². The lowest BCUT2D eigenvalue weighted by Crippen LogP contribution is -2.23. The molecular formula is C12H13FN4OS. The second-order valence-corrected chi connectivity index (χ2v) is 5.26. The molecule has 1 amide bonds. The molecule has 5 nitrogen and oxygen atoms in total. The first-order valence-electron chi connectivity index (χ1n) is 5.64. The number of nitrogens with one attached hydrogen (secondary N) is 1. The summed E-state index contributed by atoms with van der Waals surface area (Å²) in [5.41, 5.74) is 0.179. The van der Waals surface area contributed by atoms with Crippen LogP contribution in [0.4, 0.5) is 10.1 Å². The predicted octanol–water partition coefficient (Wildman–Crippen LogP) is 2.07. The summed E-state index contributed by atoms with van der Waals surface area (Å²) in [5, 5.41) is 10.4. The first-order chi connectivity index (χ1) is 9.08. The van der Waals surface area contributed by atoms with Gasteiger partial charge in [-0.25, -0.2) is 4.39 Å². The maximum Gasteiger partial charge on any atom is 0.237 e. The lowest BCUT2D eigenvalue weighted by atomic mass is 10.3. The lowest BCUT2D eigenvalue weighted by Gasteiger charge is -2.11. The van der Waals surface area contributed by atoms with E-state index in [2.05, 4.69) is 15.5 Å². The number of carbonyl (C=O) groups is 1. The highest BCUT2D eigenvalue weighted by Gasteiger charge is 2.18. The van der Waals surface area contributed by atoms with Crippen LogP contribution in [0, 0.1) is 5.82 Å². The lowest BCUT2D eigenvalue weighted by molar-refractivity contribution is -0.115. The van der Waals surface area contributed by atoms with Crippen LogP contribution in [0.1, 0.15) is 6.92 Å². The van der Waals surface area contributed by atoms with E-state index in [0.717, 1.165) is 0 Å². The molecule has 1 N–H and O–H groups in total. The van der Waals surface area contributed by atoms with Crippen LogP contribution in [-0.4, -0.2) is 25.9 Å². The number of nitrogens with zero attached hydrogens (tertiary/aromatic N) is 3. The van der Waals surface area contributed by atoms with Gasteiger partial charge in [0.25, 0.3) is 0 Å². The Morgan fingerprint density at radius 1 is 1.47 bits per heavy atom. The Bertz CT molecular complexity index is 587. The minimum Gasteiger partial charge on any atom is -0.323 e. The molecule has 2 rings (SSSR count). The van der Waals surface area contributed by atoms with Crippen molar-refractivity contribution in [2.75, 3.05) is 5.32 Å². The number of hydrogen-bond donors (Lipinski definition) is 1. The van der Waals surface area contributed by atoms with Crippen molar-refractivity contribution in [1.82, 2.24) is 14.8 Å². The van der Waals surface area contributed by atoms with Crippen molar-refractivity contribution in [2.45, 2.75) is 17.3 Å². The summed E-state index contributed by atoms with van der Waals surface area (Å²) in [6, 6.07) is 6.06. The molecular weight excluding hydrogens is 267 g/mol. The third-order valence-corrected chi connectivity index (χ3v) is 3.60. The normalized spacial score (nSPS) is 12.2. The summed E-state index contributed by atoms with van der Waals surface area (Å²) in [6.07, 6.45) is 1.56. The molecule has 1 aromatic heterocycles. The van der Waals surface area contributed by atoms with Gasteiger partial charge in [-0.15, -0.1) is 10.2 Å². The summed E-state index contributed by atoms with van der Waals surface area (Å²) >= 11 is 1.26. The highest BCUT2D eigenvalue weighted by Crippen LogP contribution is 2.22. The van der Waals surface area contributed by atoms with E-state index in [0.29, 0.717) is 5.16 Å². The average Bonchev–Trinajstić information content (AvgIpc) is 2.78. The minimum absolute atomic E-state index is 0.179. The molecule has 0 saturated heterocycles. The summed E-state index contributed by atoms with van der Waals surface area (Å²) in [6.45, 7) is 1.73. The first-order valence-corrected chi connectivity index (χ1v) is 6.52. The fraction of sp³-hybridized carbons (Fsp3) is 0.250. The van der Waals surface area contributed by atoms with Crippen molar-refractivity contribution in [1.29, 1.82) is 0 Å². The third-order valence-electron chi connectivity index (χ3n) is 2.45. The van der Waals surface area contributed by atoms with Gasteiger partial charge in [0.15, 0.2) is 5.16 Å². The monoisotopic (exact) mass is 280 g/mol. The molecule has 0 spiro atoms. The fourth-order valence-corrected chi connectivity index (χ4v) is 2.18. The molecule has 2 aromatic rings. The summed E-state index contributed by atoms with van der Waals surface area (Å²) < 4.78 is 15.1. The van der Waals surface area contributed by atoms with Gasteiger partial charge in [0.05, 0.1) is 10.9 Å². The molecule has 1 atom stereocenters. The molecule has 7 heteroatoms. The number of aromatic nitrogens is 3. The van der Waals surface area contributed by atoms with Crippen molar-refractivity contribution < 1.29 is 9.18 Å². The van der Waals surface area contributed by atoms with Crippen LogP contribution in [0.2, 0.25) is 0 Å². The number of benzene rings is 1. The van der Waals surface area contributed by atoms with Crippen LogP contribution < -0.4 is 5.32 Å². The molecule has 0 bridgehead atoms. The van der Waals surface area contributed by atoms with Crippen molar-refractivity contribution in [3.8, 4) is 0 Å². The summed E-state index contributed by atoms with van der Waals surface area (Å²) in [4.78, 5) is 11.9. The van der Waals surface area contributed by atoms with Crippen molar-refractivity contribution in [2.24, 2.45) is 7.05 Å². The Hall–Kier alpha value is -1.89. The number of thioether (sulfide) groups is 1. The zero-order valence-electron chi connectivity index (χ0n) is 10.5. The van der Waals surface area contributed by atoms with Gasteiger partial charge >= 0.3 is 0 Å². The first kappa shape index (κ1) is 13.5. The molecule has 0 fully saturated rings. The molecule has 1 heterocycles. The smallest absolute Gasteiger partial charge is 0.237 e. The topological polar surface area (TPSA) is 59.8 Å². The molecule has 0 aliphatic heterocycles. The van der Waals surface area contributed by atoms with Crippen LogP contribution in [0.3, 0.4) is 0 Å². The van der Waals surface area contributed by atoms with Crippen LogP contribution in [0.15, 0.2) is 35.7 Å². The SMILES string of the molecule is C[C@H](Sc1nncn1C)C(=O)Nc1ccccc1F. The predicted molar refractivity (Wildman–Crippen MR) is 71.4 cm³/mol. The van der Waals surface area contributed by atoms with E-state index in [9.17, 15) is 9.18 Å². The molecule has 19 heavy (non-hydrogen) atoms. The molecule has 0 aliphatic rings. The third kappa shape index (κ3) is 3.31. The van der Waals surface area contributed by atoms with Crippen LogP contribution in [-0.2, 0) is 11.8 Å². The zero-order chi connectivity index (χ0) is 13.8.